The Bertz CT molecular complexity index is 325. The molecule has 0 aromatic heterocycles. The minimum absolute atomic E-state index is 0.131. The highest BCUT2D eigenvalue weighted by molar-refractivity contribution is 9.09. The van der Waals surface area contributed by atoms with Crippen molar-refractivity contribution in [3.05, 3.63) is 23.8 Å². The highest BCUT2D eigenvalue weighted by atomic mass is 79.9. The van der Waals surface area contributed by atoms with E-state index in [0.717, 1.165) is 5.56 Å². The quantitative estimate of drug-likeness (QED) is 0.782. The third-order valence-corrected chi connectivity index (χ3v) is 2.13. The van der Waals surface area contributed by atoms with Crippen molar-refractivity contribution in [1.29, 1.82) is 0 Å². The van der Waals surface area contributed by atoms with Crippen LogP contribution in [0.15, 0.2) is 18.2 Å². The van der Waals surface area contributed by atoms with Crippen LogP contribution in [-0.2, 0) is 4.79 Å². The molecule has 0 aliphatic carbocycles. The third kappa shape index (κ3) is 2.73. The predicted molar refractivity (Wildman–Crippen MR) is 55.3 cm³/mol. The fraction of sp³-hybridized carbons (Fsp3) is 0.222. The molecule has 0 aliphatic heterocycles. The van der Waals surface area contributed by atoms with E-state index in [-0.39, 0.29) is 17.0 Å². The summed E-state index contributed by atoms with van der Waals surface area (Å²) >= 11 is 3.04. The van der Waals surface area contributed by atoms with Gasteiger partial charge in [0.2, 0.25) is 5.91 Å². The number of benzene rings is 1. The van der Waals surface area contributed by atoms with Gasteiger partial charge in [-0.3, -0.25) is 4.79 Å². The summed E-state index contributed by atoms with van der Waals surface area (Å²) in [5, 5.41) is 12.1. The molecule has 0 spiro atoms. The van der Waals surface area contributed by atoms with Crippen molar-refractivity contribution >= 4 is 27.5 Å². The van der Waals surface area contributed by atoms with Gasteiger partial charge in [0.25, 0.3) is 0 Å². The summed E-state index contributed by atoms with van der Waals surface area (Å²) in [6, 6.07) is 4.86. The molecule has 0 saturated carbocycles. The molecular weight excluding hydrogens is 234 g/mol. The first-order chi connectivity index (χ1) is 6.13. The van der Waals surface area contributed by atoms with Crippen LogP contribution < -0.4 is 5.32 Å². The summed E-state index contributed by atoms with van der Waals surface area (Å²) in [6.07, 6.45) is 0. The van der Waals surface area contributed by atoms with Gasteiger partial charge in [-0.05, 0) is 18.6 Å². The number of hydrogen-bond donors (Lipinski definition) is 2. The van der Waals surface area contributed by atoms with Crippen molar-refractivity contribution in [1.82, 2.24) is 0 Å². The van der Waals surface area contributed by atoms with E-state index in [1.807, 2.05) is 6.92 Å². The minimum Gasteiger partial charge on any atom is -0.508 e. The van der Waals surface area contributed by atoms with Gasteiger partial charge < -0.3 is 10.4 Å². The zero-order valence-corrected chi connectivity index (χ0v) is 8.76. The maximum atomic E-state index is 11.0. The van der Waals surface area contributed by atoms with Crippen LogP contribution >= 0.6 is 15.9 Å². The fourth-order valence-electron chi connectivity index (χ4n) is 0.928. The molecule has 0 radical (unpaired) electrons. The monoisotopic (exact) mass is 243 g/mol. The first-order valence-corrected chi connectivity index (χ1v) is 4.91. The zero-order valence-electron chi connectivity index (χ0n) is 7.17. The Hall–Kier alpha value is -1.03. The van der Waals surface area contributed by atoms with Crippen LogP contribution in [0.3, 0.4) is 0 Å². The lowest BCUT2D eigenvalue weighted by Crippen LogP contribution is -2.12. The lowest BCUT2D eigenvalue weighted by molar-refractivity contribution is -0.113. The molecule has 1 rings (SSSR count). The molecule has 0 unspecified atom stereocenters. The number of alkyl halides is 1. The van der Waals surface area contributed by atoms with Gasteiger partial charge in [-0.1, -0.05) is 22.0 Å². The number of nitrogens with one attached hydrogen (secondary N) is 1. The maximum absolute atomic E-state index is 11.0. The zero-order chi connectivity index (χ0) is 9.84. The van der Waals surface area contributed by atoms with E-state index >= 15 is 0 Å². The number of halogens is 1. The largest absolute Gasteiger partial charge is 0.508 e. The van der Waals surface area contributed by atoms with Crippen LogP contribution in [0.25, 0.3) is 0 Å². The summed E-state index contributed by atoms with van der Waals surface area (Å²) in [5.41, 5.74) is 1.57. The Balaban J connectivity index is 2.87. The van der Waals surface area contributed by atoms with Crippen LogP contribution in [0.5, 0.6) is 5.75 Å². The predicted octanol–water partition coefficient (Wildman–Crippen LogP) is 2.03. The van der Waals surface area contributed by atoms with E-state index in [1.165, 1.54) is 6.07 Å². The van der Waals surface area contributed by atoms with E-state index in [4.69, 9.17) is 5.11 Å². The second-order valence-corrected chi connectivity index (χ2v) is 3.24. The minimum atomic E-state index is -0.131. The van der Waals surface area contributed by atoms with Crippen LogP contribution in [0.4, 0.5) is 5.69 Å². The molecule has 0 atom stereocenters. The van der Waals surface area contributed by atoms with Crippen molar-refractivity contribution in [2.75, 3.05) is 10.6 Å². The van der Waals surface area contributed by atoms with Gasteiger partial charge in [0.15, 0.2) is 0 Å². The number of carbonyl (C=O) groups excluding carboxylic acids is 1. The van der Waals surface area contributed by atoms with Gasteiger partial charge in [-0.2, -0.15) is 0 Å². The highest BCUT2D eigenvalue weighted by Gasteiger charge is 2.03. The summed E-state index contributed by atoms with van der Waals surface area (Å²) < 4.78 is 0. The number of carbonyl (C=O) groups is 1. The maximum Gasteiger partial charge on any atom is 0.235 e. The number of aryl methyl sites for hydroxylation is 1. The molecule has 1 amide bonds. The Morgan fingerprint density at radius 3 is 2.92 bits per heavy atom. The lowest BCUT2D eigenvalue weighted by atomic mass is 10.2. The normalized spacial score (nSPS) is 9.69. The molecule has 0 bridgehead atoms. The Morgan fingerprint density at radius 1 is 1.62 bits per heavy atom. The first-order valence-electron chi connectivity index (χ1n) is 3.79. The van der Waals surface area contributed by atoms with Crippen molar-refractivity contribution in [2.45, 2.75) is 6.92 Å². The van der Waals surface area contributed by atoms with Crippen LogP contribution in [0.2, 0.25) is 0 Å². The van der Waals surface area contributed by atoms with Crippen LogP contribution in [0.1, 0.15) is 5.56 Å². The number of hydrogen-bond acceptors (Lipinski definition) is 2. The summed E-state index contributed by atoms with van der Waals surface area (Å²) in [7, 11) is 0. The topological polar surface area (TPSA) is 49.3 Å². The number of aromatic hydroxyl groups is 1. The van der Waals surface area contributed by atoms with E-state index in [0.29, 0.717) is 5.69 Å². The molecule has 2 N–H and O–H groups in total. The second-order valence-electron chi connectivity index (χ2n) is 2.68. The molecule has 0 heterocycles. The Kier molecular flexibility index (Phi) is 3.31. The summed E-state index contributed by atoms with van der Waals surface area (Å²) in [5.74, 6) is 0.0178. The van der Waals surface area contributed by atoms with E-state index in [9.17, 15) is 4.79 Å². The van der Waals surface area contributed by atoms with Crippen molar-refractivity contribution in [3.8, 4) is 5.75 Å². The number of rotatable bonds is 2. The van der Waals surface area contributed by atoms with Gasteiger partial charge in [-0.15, -0.1) is 0 Å². The molecular formula is C9H10BrNO2. The van der Waals surface area contributed by atoms with Gasteiger partial charge in [0.05, 0.1) is 5.33 Å². The Morgan fingerprint density at radius 2 is 2.31 bits per heavy atom. The molecule has 70 valence electrons. The standard InChI is InChI=1S/C9H10BrNO2/c1-6-2-3-7(12)4-8(6)11-9(13)5-10/h2-4,12H,5H2,1H3,(H,11,13). The lowest BCUT2D eigenvalue weighted by Gasteiger charge is -2.06. The number of amides is 1. The van der Waals surface area contributed by atoms with Gasteiger partial charge in [-0.25, -0.2) is 0 Å². The van der Waals surface area contributed by atoms with Gasteiger partial charge in [0.1, 0.15) is 5.75 Å². The molecule has 1 aromatic rings. The molecule has 0 saturated heterocycles. The average Bonchev–Trinajstić information content (AvgIpc) is 2.11. The number of phenolic OH excluding ortho intramolecular Hbond substituents is 1. The number of phenols is 1. The van der Waals surface area contributed by atoms with Gasteiger partial charge in [0, 0.05) is 11.8 Å². The van der Waals surface area contributed by atoms with Crippen molar-refractivity contribution in [2.24, 2.45) is 0 Å². The van der Waals surface area contributed by atoms with Gasteiger partial charge >= 0.3 is 0 Å². The summed E-state index contributed by atoms with van der Waals surface area (Å²) in [6.45, 7) is 1.86. The SMILES string of the molecule is Cc1ccc(O)cc1NC(=O)CBr. The van der Waals surface area contributed by atoms with Crippen molar-refractivity contribution < 1.29 is 9.90 Å². The van der Waals surface area contributed by atoms with Crippen molar-refractivity contribution in [3.63, 3.8) is 0 Å². The Labute approximate surface area is 84.9 Å². The molecule has 4 heteroatoms. The average molecular weight is 244 g/mol. The fourth-order valence-corrected chi connectivity index (χ4v) is 1.07. The van der Waals surface area contributed by atoms with Crippen LogP contribution in [0, 0.1) is 6.92 Å². The first kappa shape index (κ1) is 10.1. The smallest absolute Gasteiger partial charge is 0.235 e. The molecule has 0 aliphatic rings. The summed E-state index contributed by atoms with van der Waals surface area (Å²) in [4.78, 5) is 11.0. The second kappa shape index (κ2) is 4.28. The molecule has 1 aromatic carbocycles. The van der Waals surface area contributed by atoms with E-state index in [1.54, 1.807) is 12.1 Å². The highest BCUT2D eigenvalue weighted by Crippen LogP contribution is 2.20. The third-order valence-electron chi connectivity index (χ3n) is 1.62. The van der Waals surface area contributed by atoms with E-state index in [2.05, 4.69) is 21.2 Å². The van der Waals surface area contributed by atoms with Crippen LogP contribution in [-0.4, -0.2) is 16.3 Å². The molecule has 3 nitrogen and oxygen atoms in total. The van der Waals surface area contributed by atoms with E-state index < -0.39 is 0 Å². The number of anilines is 1. The molecule has 13 heavy (non-hydrogen) atoms. The molecule has 0 fully saturated rings.